The number of esters is 2. The summed E-state index contributed by atoms with van der Waals surface area (Å²) in [5.74, 6) is 0.0754. The van der Waals surface area contributed by atoms with Gasteiger partial charge in [-0.15, -0.1) is 23.5 Å². The van der Waals surface area contributed by atoms with Gasteiger partial charge in [0.1, 0.15) is 13.2 Å². The summed E-state index contributed by atoms with van der Waals surface area (Å²) in [7, 11) is 0. The molecule has 0 aliphatic rings. The van der Waals surface area contributed by atoms with E-state index in [9.17, 15) is 9.59 Å². The zero-order valence-corrected chi connectivity index (χ0v) is 36.5. The maximum atomic E-state index is 12.7. The summed E-state index contributed by atoms with van der Waals surface area (Å²) in [6.45, 7) is 7.54. The molecule has 0 N–H and O–H groups in total. The summed E-state index contributed by atoms with van der Waals surface area (Å²) in [6.07, 6.45) is 16.3. The van der Waals surface area contributed by atoms with E-state index in [4.69, 9.17) is 9.47 Å². The van der Waals surface area contributed by atoms with Gasteiger partial charge in [-0.1, -0.05) is 77.4 Å². The van der Waals surface area contributed by atoms with Gasteiger partial charge in [0.25, 0.3) is 0 Å². The Kier molecular flexibility index (Phi) is 41.0. The quantitative estimate of drug-likeness (QED) is 0.0304. The number of hydrogen-bond donors (Lipinski definition) is 0. The minimum atomic E-state index is -0.903. The van der Waals surface area contributed by atoms with Crippen molar-refractivity contribution in [3.05, 3.63) is 219 Å². The first-order valence-corrected chi connectivity index (χ1v) is 21.3. The van der Waals surface area contributed by atoms with Gasteiger partial charge in [0.15, 0.2) is 5.57 Å². The van der Waals surface area contributed by atoms with Crippen molar-refractivity contribution >= 4 is 35.5 Å². The molecule has 0 unspecified atom stereocenters. The van der Waals surface area contributed by atoms with Crippen LogP contribution in [-0.2, 0) is 19.1 Å². The Labute approximate surface area is 373 Å². The third-order valence-corrected chi connectivity index (χ3v) is 7.91. The highest BCUT2D eigenvalue weighted by Gasteiger charge is 2.21. The lowest BCUT2D eigenvalue weighted by molar-refractivity contribution is -0.145. The summed E-state index contributed by atoms with van der Waals surface area (Å²) >= 11 is 3.22. The number of thioether (sulfide) groups is 2. The SMILES string of the molecule is C=C=C=C=C=C=C=C=C=C=C=C=C=C=C=C=C=C=C=C=C=C=C=C=C=C=C=C=C=C=C=C=C=C(C(=O)OC/C=C/SCC)C(=O)OC/C=C/SCCCCCCCCCCCC. The predicted octanol–water partition coefficient (Wildman–Crippen LogP) is 12.0. The fourth-order valence-corrected chi connectivity index (χ4v) is 4.77. The van der Waals surface area contributed by atoms with Gasteiger partial charge in [0, 0.05) is 80.2 Å². The van der Waals surface area contributed by atoms with Crippen LogP contribution in [0.1, 0.15) is 78.1 Å². The number of carbonyl (C=O) groups excluding carboxylic acids is 2. The van der Waals surface area contributed by atoms with E-state index in [2.05, 4.69) is 197 Å². The number of hydrogen-bond acceptors (Lipinski definition) is 6. The van der Waals surface area contributed by atoms with Crippen LogP contribution in [0.3, 0.4) is 0 Å². The van der Waals surface area contributed by atoms with Crippen molar-refractivity contribution in [2.24, 2.45) is 0 Å². The van der Waals surface area contributed by atoms with Gasteiger partial charge < -0.3 is 9.47 Å². The van der Waals surface area contributed by atoms with E-state index in [1.54, 1.807) is 35.7 Å². The van der Waals surface area contributed by atoms with Gasteiger partial charge in [-0.25, -0.2) is 9.59 Å². The summed E-state index contributed by atoms with van der Waals surface area (Å²) in [5.41, 5.74) is 79.1. The molecule has 62 heavy (non-hydrogen) atoms. The van der Waals surface area contributed by atoms with Crippen LogP contribution in [0.5, 0.6) is 0 Å². The highest BCUT2D eigenvalue weighted by Crippen LogP contribution is 2.13. The highest BCUT2D eigenvalue weighted by atomic mass is 32.2. The van der Waals surface area contributed by atoms with Crippen molar-refractivity contribution in [3.8, 4) is 0 Å². The van der Waals surface area contributed by atoms with Gasteiger partial charge in [-0.3, -0.25) is 0 Å². The Morgan fingerprint density at radius 1 is 0.419 bits per heavy atom. The molecule has 0 spiro atoms. The standard InChI is InChI=1S/C56H40O4S2/c1-4-7-9-11-13-15-17-18-19-20-21-22-23-24-25-26-27-28-29-30-31-32-33-34-35-36-37-38-40-42-44-48-54(55(57)59-49-46-52-61-6-3)56(58)60-50-47-53-62-51-45-43-41-39-16-14-12-10-8-5-2/h46-47,52-53H,1,5-6,8,10,12,14,16,39,41,43,45,49-51H2,2-3H3/b52-46+,53-47+. The average molecular weight is 841 g/mol. The van der Waals surface area contributed by atoms with E-state index in [1.807, 2.05) is 17.7 Å². The zero-order valence-electron chi connectivity index (χ0n) is 34.9. The van der Waals surface area contributed by atoms with Gasteiger partial charge >= 0.3 is 11.9 Å². The Morgan fingerprint density at radius 2 is 0.726 bits per heavy atom. The van der Waals surface area contributed by atoms with Crippen LogP contribution in [0, 0.1) is 0 Å². The maximum Gasteiger partial charge on any atom is 0.354 e. The molecule has 0 aromatic carbocycles. The van der Waals surface area contributed by atoms with Crippen LogP contribution >= 0.6 is 23.5 Å². The molecular weight excluding hydrogens is 801 g/mol. The molecule has 0 aliphatic heterocycles. The second-order valence-electron chi connectivity index (χ2n) is 10.9. The lowest BCUT2D eigenvalue weighted by Crippen LogP contribution is -2.18. The average Bonchev–Trinajstić information content (AvgIpc) is 3.27. The molecule has 6 heteroatoms. The second-order valence-corrected chi connectivity index (χ2v) is 13.1. The normalized spacial score (nSPS) is 7.52. The number of ether oxygens (including phenoxy) is 2. The summed E-state index contributed by atoms with van der Waals surface area (Å²) < 4.78 is 10.4. The van der Waals surface area contributed by atoms with Gasteiger partial charge in [-0.2, -0.15) is 0 Å². The summed E-state index contributed by atoms with van der Waals surface area (Å²) in [5, 5.41) is 3.71. The van der Waals surface area contributed by atoms with Crippen LogP contribution in [0.4, 0.5) is 0 Å². The van der Waals surface area contributed by atoms with Gasteiger partial charge in [0.2, 0.25) is 0 Å². The summed E-state index contributed by atoms with van der Waals surface area (Å²) in [4.78, 5) is 25.3. The molecule has 0 aromatic rings. The van der Waals surface area contributed by atoms with E-state index < -0.39 is 17.5 Å². The van der Waals surface area contributed by atoms with Crippen molar-refractivity contribution in [2.45, 2.75) is 78.1 Å². The van der Waals surface area contributed by atoms with Crippen LogP contribution in [-0.4, -0.2) is 36.7 Å². The molecule has 0 atom stereocenters. The molecule has 0 aliphatic carbocycles. The molecule has 0 fully saturated rings. The first-order chi connectivity index (χ1) is 30.7. The van der Waals surface area contributed by atoms with Crippen LogP contribution < -0.4 is 0 Å². The van der Waals surface area contributed by atoms with Crippen molar-refractivity contribution in [3.63, 3.8) is 0 Å². The fourth-order valence-electron chi connectivity index (χ4n) is 3.64. The third-order valence-electron chi connectivity index (χ3n) is 6.29. The predicted molar refractivity (Wildman–Crippen MR) is 244 cm³/mol. The van der Waals surface area contributed by atoms with Crippen LogP contribution in [0.25, 0.3) is 0 Å². The molecule has 0 saturated carbocycles. The van der Waals surface area contributed by atoms with Crippen molar-refractivity contribution in [1.82, 2.24) is 0 Å². The Hall–Kier alpha value is -8.18. The minimum absolute atomic E-state index is 0.00684. The molecule has 0 amide bonds. The number of carbonyl (C=O) groups is 2. The Bertz CT molecular complexity index is 2920. The first kappa shape index (κ1) is 53.8. The molecule has 0 aromatic heterocycles. The molecule has 0 radical (unpaired) electrons. The lowest BCUT2D eigenvalue weighted by atomic mass is 10.1. The minimum Gasteiger partial charge on any atom is -0.457 e. The van der Waals surface area contributed by atoms with E-state index in [0.29, 0.717) is 0 Å². The molecule has 0 saturated heterocycles. The van der Waals surface area contributed by atoms with Crippen molar-refractivity contribution < 1.29 is 19.1 Å². The Balaban J connectivity index is 5.85. The van der Waals surface area contributed by atoms with Gasteiger partial charge in [0.05, 0.1) is 0 Å². The lowest BCUT2D eigenvalue weighted by Gasteiger charge is -2.04. The summed E-state index contributed by atoms with van der Waals surface area (Å²) in [6, 6.07) is 0. The van der Waals surface area contributed by atoms with E-state index in [1.165, 1.54) is 57.8 Å². The topological polar surface area (TPSA) is 52.6 Å². The molecule has 4 nitrogen and oxygen atoms in total. The molecular formula is C56H40O4S2. The largest absolute Gasteiger partial charge is 0.457 e. The number of unbranched alkanes of at least 4 members (excludes halogenated alkanes) is 9. The molecule has 0 bridgehead atoms. The zero-order chi connectivity index (χ0) is 44.9. The maximum absolute atomic E-state index is 12.7. The monoisotopic (exact) mass is 840 g/mol. The molecule has 300 valence electrons. The fraction of sp³-hybridized carbons (Fsp3) is 0.286. The van der Waals surface area contributed by atoms with Crippen molar-refractivity contribution in [1.29, 1.82) is 0 Å². The van der Waals surface area contributed by atoms with Crippen LogP contribution in [0.15, 0.2) is 219 Å². The second kappa shape index (κ2) is 47.2. The molecule has 0 heterocycles. The van der Waals surface area contributed by atoms with Gasteiger partial charge in [-0.05, 0) is 145 Å². The van der Waals surface area contributed by atoms with E-state index in [-0.39, 0.29) is 13.2 Å². The third kappa shape index (κ3) is 41.5. The van der Waals surface area contributed by atoms with E-state index >= 15 is 0 Å². The smallest absolute Gasteiger partial charge is 0.354 e. The van der Waals surface area contributed by atoms with Crippen molar-refractivity contribution in [2.75, 3.05) is 24.7 Å². The highest BCUT2D eigenvalue weighted by molar-refractivity contribution is 8.02. The van der Waals surface area contributed by atoms with E-state index in [0.717, 1.165) is 17.9 Å². The first-order valence-electron chi connectivity index (χ1n) is 19.2. The van der Waals surface area contributed by atoms with Crippen LogP contribution in [0.2, 0.25) is 0 Å². The number of rotatable bonds is 20. The Morgan fingerprint density at radius 3 is 1.06 bits per heavy atom. The molecule has 0 rings (SSSR count).